The smallest absolute Gasteiger partial charge is 0.346 e. The Balaban J connectivity index is 2.14. The molecule has 0 atom stereocenters. The van der Waals surface area contributed by atoms with Crippen LogP contribution in [0.15, 0.2) is 34.9 Å². The molecule has 1 heterocycles. The number of ether oxygens (including phenoxy) is 1. The molecule has 0 saturated carbocycles. The highest BCUT2D eigenvalue weighted by Gasteiger charge is 2.24. The van der Waals surface area contributed by atoms with Crippen LogP contribution in [0.1, 0.15) is 16.8 Å². The molecule has 1 aromatic carbocycles. The van der Waals surface area contributed by atoms with E-state index in [0.29, 0.717) is 22.8 Å². The molecule has 2 rings (SSSR count). The van der Waals surface area contributed by atoms with E-state index in [9.17, 15) is 19.7 Å². The zero-order valence-electron chi connectivity index (χ0n) is 11.1. The van der Waals surface area contributed by atoms with E-state index < -0.39 is 16.8 Å². The molecule has 110 valence electrons. The summed E-state index contributed by atoms with van der Waals surface area (Å²) in [7, 11) is 1.28. The maximum absolute atomic E-state index is 12.1. The zero-order valence-corrected chi connectivity index (χ0v) is 11.9. The number of methoxy groups -OCH3 is 1. The molecule has 1 amide bonds. The largest absolute Gasteiger partial charge is 0.465 e. The molecular weight excluding hydrogens is 296 g/mol. The van der Waals surface area contributed by atoms with E-state index in [2.05, 4.69) is 10.1 Å². The normalized spacial score (nSPS) is 14.0. The summed E-state index contributed by atoms with van der Waals surface area (Å²) >= 11 is 1.33. The average Bonchev–Trinajstić information content (AvgIpc) is 2.94. The summed E-state index contributed by atoms with van der Waals surface area (Å²) in [4.78, 5) is 34.0. The highest BCUT2D eigenvalue weighted by atomic mass is 32.2. The van der Waals surface area contributed by atoms with Crippen molar-refractivity contribution >= 4 is 29.3 Å². The van der Waals surface area contributed by atoms with Crippen LogP contribution in [0.5, 0.6) is 0 Å². The van der Waals surface area contributed by atoms with Crippen molar-refractivity contribution in [2.75, 3.05) is 12.9 Å². The molecule has 21 heavy (non-hydrogen) atoms. The van der Waals surface area contributed by atoms with E-state index in [-0.39, 0.29) is 11.3 Å². The van der Waals surface area contributed by atoms with Crippen LogP contribution in [-0.2, 0) is 9.53 Å². The molecule has 0 saturated heterocycles. The highest BCUT2D eigenvalue weighted by molar-refractivity contribution is 8.04. The average molecular weight is 308 g/mol. The number of nitrogens with zero attached hydrogens (tertiary/aromatic N) is 1. The Labute approximate surface area is 124 Å². The lowest BCUT2D eigenvalue weighted by atomic mass is 10.2. The fourth-order valence-corrected chi connectivity index (χ4v) is 2.83. The SMILES string of the molecule is COC(=O)C1=C(NC(=O)c2ccc([N+](=O)[O-])cc2)CCS1. The lowest BCUT2D eigenvalue weighted by molar-refractivity contribution is -0.384. The molecule has 8 heteroatoms. The van der Waals surface area contributed by atoms with Crippen molar-refractivity contribution in [3.05, 3.63) is 50.5 Å². The summed E-state index contributed by atoms with van der Waals surface area (Å²) in [5.74, 6) is -0.194. The molecule has 0 aliphatic carbocycles. The van der Waals surface area contributed by atoms with Crippen LogP contribution >= 0.6 is 11.8 Å². The summed E-state index contributed by atoms with van der Waals surface area (Å²) < 4.78 is 4.65. The fraction of sp³-hybridized carbons (Fsp3) is 0.231. The summed E-state index contributed by atoms with van der Waals surface area (Å²) in [6.45, 7) is 0. The molecule has 0 radical (unpaired) electrons. The van der Waals surface area contributed by atoms with Crippen LogP contribution in [0.3, 0.4) is 0 Å². The van der Waals surface area contributed by atoms with E-state index in [0.717, 1.165) is 0 Å². The van der Waals surface area contributed by atoms with Crippen molar-refractivity contribution in [1.29, 1.82) is 0 Å². The number of amides is 1. The number of carbonyl (C=O) groups excluding carboxylic acids is 2. The van der Waals surface area contributed by atoms with Gasteiger partial charge in [-0.15, -0.1) is 11.8 Å². The van der Waals surface area contributed by atoms with Crippen molar-refractivity contribution < 1.29 is 19.2 Å². The molecule has 1 N–H and O–H groups in total. The Morgan fingerprint density at radius 3 is 2.57 bits per heavy atom. The van der Waals surface area contributed by atoms with Gasteiger partial charge >= 0.3 is 5.97 Å². The Morgan fingerprint density at radius 2 is 2.00 bits per heavy atom. The van der Waals surface area contributed by atoms with Crippen LogP contribution in [0.25, 0.3) is 0 Å². The number of nitro benzene ring substituents is 1. The maximum atomic E-state index is 12.1. The minimum atomic E-state index is -0.535. The number of hydrogen-bond acceptors (Lipinski definition) is 6. The zero-order chi connectivity index (χ0) is 15.4. The van der Waals surface area contributed by atoms with Gasteiger partial charge in [0.05, 0.1) is 12.0 Å². The van der Waals surface area contributed by atoms with Gasteiger partial charge in [-0.25, -0.2) is 4.79 Å². The first-order valence-corrected chi connectivity index (χ1v) is 7.01. The highest BCUT2D eigenvalue weighted by Crippen LogP contribution is 2.30. The van der Waals surface area contributed by atoms with Gasteiger partial charge in [-0.05, 0) is 18.6 Å². The number of hydrogen-bond donors (Lipinski definition) is 1. The molecule has 1 aliphatic heterocycles. The van der Waals surface area contributed by atoms with Crippen molar-refractivity contribution in [3.63, 3.8) is 0 Å². The summed E-state index contributed by atoms with van der Waals surface area (Å²) in [6.07, 6.45) is 0.563. The number of rotatable bonds is 4. The maximum Gasteiger partial charge on any atom is 0.346 e. The Bertz CT molecular complexity index is 624. The number of benzene rings is 1. The van der Waals surface area contributed by atoms with Gasteiger partial charge in [0, 0.05) is 29.1 Å². The number of nitrogens with one attached hydrogen (secondary N) is 1. The van der Waals surface area contributed by atoms with E-state index >= 15 is 0 Å². The third-order valence-electron chi connectivity index (χ3n) is 2.85. The van der Waals surface area contributed by atoms with E-state index in [1.165, 1.54) is 43.1 Å². The summed E-state index contributed by atoms with van der Waals surface area (Å²) in [5, 5.41) is 13.2. The first-order chi connectivity index (χ1) is 10.0. The van der Waals surface area contributed by atoms with Gasteiger partial charge in [0.25, 0.3) is 11.6 Å². The third-order valence-corrected chi connectivity index (χ3v) is 3.96. The van der Waals surface area contributed by atoms with Gasteiger partial charge in [0.2, 0.25) is 0 Å². The Kier molecular flexibility index (Phi) is 4.59. The van der Waals surface area contributed by atoms with Crippen molar-refractivity contribution in [1.82, 2.24) is 5.32 Å². The molecule has 7 nitrogen and oxygen atoms in total. The Morgan fingerprint density at radius 1 is 1.33 bits per heavy atom. The second kappa shape index (κ2) is 6.40. The predicted octanol–water partition coefficient (Wildman–Crippen LogP) is 1.85. The minimum Gasteiger partial charge on any atom is -0.465 e. The van der Waals surface area contributed by atoms with Crippen LogP contribution in [0, 0.1) is 10.1 Å². The van der Waals surface area contributed by atoms with E-state index in [4.69, 9.17) is 0 Å². The van der Waals surface area contributed by atoms with Gasteiger partial charge in [0.15, 0.2) is 0 Å². The van der Waals surface area contributed by atoms with Gasteiger partial charge < -0.3 is 10.1 Å². The number of carbonyl (C=O) groups is 2. The molecule has 1 aromatic rings. The van der Waals surface area contributed by atoms with Gasteiger partial charge in [-0.2, -0.15) is 0 Å². The topological polar surface area (TPSA) is 98.5 Å². The number of non-ortho nitro benzene ring substituents is 1. The van der Waals surface area contributed by atoms with E-state index in [1.807, 2.05) is 0 Å². The number of allylic oxidation sites excluding steroid dienone is 1. The lowest BCUT2D eigenvalue weighted by Crippen LogP contribution is -2.24. The third kappa shape index (κ3) is 3.40. The van der Waals surface area contributed by atoms with Crippen molar-refractivity contribution in [2.24, 2.45) is 0 Å². The predicted molar refractivity (Wildman–Crippen MR) is 76.7 cm³/mol. The quantitative estimate of drug-likeness (QED) is 0.518. The summed E-state index contributed by atoms with van der Waals surface area (Å²) in [6, 6.07) is 5.25. The van der Waals surface area contributed by atoms with E-state index in [1.54, 1.807) is 0 Å². The standard InChI is InChI=1S/C13H12N2O5S/c1-20-13(17)11-10(6-7-21-11)14-12(16)8-2-4-9(5-3-8)15(18)19/h2-5H,6-7H2,1H3,(H,14,16). The van der Waals surface area contributed by atoms with Crippen LogP contribution in [0.4, 0.5) is 5.69 Å². The van der Waals surface area contributed by atoms with Crippen molar-refractivity contribution in [3.8, 4) is 0 Å². The molecule has 0 fully saturated rings. The molecule has 0 bridgehead atoms. The van der Waals surface area contributed by atoms with Gasteiger partial charge in [-0.1, -0.05) is 0 Å². The van der Waals surface area contributed by atoms with Gasteiger partial charge in [-0.3, -0.25) is 14.9 Å². The molecule has 0 spiro atoms. The second-order valence-corrected chi connectivity index (χ2v) is 5.26. The summed E-state index contributed by atoms with van der Waals surface area (Å²) in [5.41, 5.74) is 0.724. The van der Waals surface area contributed by atoms with Crippen LogP contribution < -0.4 is 5.32 Å². The van der Waals surface area contributed by atoms with Crippen molar-refractivity contribution in [2.45, 2.75) is 6.42 Å². The molecular formula is C13H12N2O5S. The second-order valence-electron chi connectivity index (χ2n) is 4.16. The number of esters is 1. The number of thioether (sulfide) groups is 1. The monoisotopic (exact) mass is 308 g/mol. The van der Waals surface area contributed by atoms with Gasteiger partial charge in [0.1, 0.15) is 4.91 Å². The molecule has 1 aliphatic rings. The number of nitro groups is 1. The van der Waals surface area contributed by atoms with Crippen LogP contribution in [0.2, 0.25) is 0 Å². The first kappa shape index (κ1) is 15.0. The lowest BCUT2D eigenvalue weighted by Gasteiger charge is -2.07. The first-order valence-electron chi connectivity index (χ1n) is 6.03. The molecule has 0 aromatic heterocycles. The molecule has 0 unspecified atom stereocenters. The fourth-order valence-electron chi connectivity index (χ4n) is 1.79. The minimum absolute atomic E-state index is 0.0857. The Hall–Kier alpha value is -2.35. The van der Waals surface area contributed by atoms with Crippen LogP contribution in [-0.4, -0.2) is 29.7 Å².